The number of aliphatic hydroxyl groups excluding tert-OH is 1. The maximum Gasteiger partial charge on any atom is 0.306 e. The van der Waals surface area contributed by atoms with E-state index in [1.807, 2.05) is 18.2 Å². The second-order valence-electron chi connectivity index (χ2n) is 7.76. The fourth-order valence-electron chi connectivity index (χ4n) is 3.52. The van der Waals surface area contributed by atoms with Crippen LogP contribution in [-0.4, -0.2) is 50.7 Å². The van der Waals surface area contributed by atoms with E-state index >= 15 is 0 Å². The third-order valence-electron chi connectivity index (χ3n) is 5.31. The first-order valence-corrected chi connectivity index (χ1v) is 10.1. The van der Waals surface area contributed by atoms with Crippen LogP contribution in [0, 0.1) is 11.8 Å². The van der Waals surface area contributed by atoms with Gasteiger partial charge in [0.15, 0.2) is 11.5 Å². The minimum absolute atomic E-state index is 0.212. The van der Waals surface area contributed by atoms with Crippen molar-refractivity contribution in [1.82, 2.24) is 0 Å². The van der Waals surface area contributed by atoms with Gasteiger partial charge in [0, 0.05) is 26.6 Å². The third-order valence-corrected chi connectivity index (χ3v) is 5.31. The Morgan fingerprint density at radius 1 is 1.21 bits per heavy atom. The van der Waals surface area contributed by atoms with Gasteiger partial charge >= 0.3 is 5.97 Å². The van der Waals surface area contributed by atoms with E-state index in [1.54, 1.807) is 14.2 Å². The molecule has 1 heterocycles. The molecule has 0 spiro atoms. The highest BCUT2D eigenvalue weighted by atomic mass is 16.6. The highest BCUT2D eigenvalue weighted by Crippen LogP contribution is 2.32. The minimum Gasteiger partial charge on any atom is -0.493 e. The molecule has 6 heteroatoms. The van der Waals surface area contributed by atoms with Crippen LogP contribution in [0.2, 0.25) is 0 Å². The van der Waals surface area contributed by atoms with Gasteiger partial charge in [-0.3, -0.25) is 4.79 Å². The van der Waals surface area contributed by atoms with Crippen LogP contribution in [0.3, 0.4) is 0 Å². The summed E-state index contributed by atoms with van der Waals surface area (Å²) >= 11 is 0. The van der Waals surface area contributed by atoms with Crippen LogP contribution in [0.5, 0.6) is 11.5 Å². The first-order chi connectivity index (χ1) is 13.4. The summed E-state index contributed by atoms with van der Waals surface area (Å²) in [7, 11) is 3.31. The molecule has 6 nitrogen and oxygen atoms in total. The van der Waals surface area contributed by atoms with Gasteiger partial charge in [-0.25, -0.2) is 0 Å². The van der Waals surface area contributed by atoms with Gasteiger partial charge in [0.05, 0.1) is 19.8 Å². The lowest BCUT2D eigenvalue weighted by molar-refractivity contribution is -0.145. The molecule has 3 atom stereocenters. The van der Waals surface area contributed by atoms with Crippen molar-refractivity contribution in [2.75, 3.05) is 27.4 Å². The summed E-state index contributed by atoms with van der Waals surface area (Å²) in [4.78, 5) is 11.3. The van der Waals surface area contributed by atoms with Crippen LogP contribution in [0.4, 0.5) is 0 Å². The van der Waals surface area contributed by atoms with Crippen LogP contribution in [0.1, 0.15) is 45.1 Å². The molecule has 0 radical (unpaired) electrons. The van der Waals surface area contributed by atoms with Crippen LogP contribution in [-0.2, 0) is 20.7 Å². The average Bonchev–Trinajstić information content (AvgIpc) is 3.11. The maximum atomic E-state index is 11.3. The van der Waals surface area contributed by atoms with Crippen LogP contribution in [0.25, 0.3) is 0 Å². The maximum absolute atomic E-state index is 11.3. The predicted molar refractivity (Wildman–Crippen MR) is 107 cm³/mol. The Morgan fingerprint density at radius 2 is 2.00 bits per heavy atom. The van der Waals surface area contributed by atoms with Crippen LogP contribution in [0.15, 0.2) is 18.2 Å². The van der Waals surface area contributed by atoms with Gasteiger partial charge in [0.2, 0.25) is 0 Å². The Labute approximate surface area is 168 Å². The SMILES string of the molecule is COCCCOc1cc(C[C@@H](C[C@H](O)[C@@H]2CCC(=O)O2)C(C)C)ccc1OC. The minimum atomic E-state index is -0.623. The summed E-state index contributed by atoms with van der Waals surface area (Å²) in [6.45, 7) is 5.53. The molecule has 1 aliphatic heterocycles. The van der Waals surface area contributed by atoms with E-state index < -0.39 is 6.10 Å². The predicted octanol–water partition coefficient (Wildman–Crippen LogP) is 3.38. The smallest absolute Gasteiger partial charge is 0.306 e. The Kier molecular flexibility index (Phi) is 9.06. The van der Waals surface area contributed by atoms with E-state index in [4.69, 9.17) is 18.9 Å². The van der Waals surface area contributed by atoms with Crippen molar-refractivity contribution in [2.24, 2.45) is 11.8 Å². The first-order valence-electron chi connectivity index (χ1n) is 10.1. The first kappa shape index (κ1) is 22.5. The number of carbonyl (C=O) groups excluding carboxylic acids is 1. The van der Waals surface area contributed by atoms with E-state index in [1.165, 1.54) is 0 Å². The molecular weight excluding hydrogens is 360 g/mol. The summed E-state index contributed by atoms with van der Waals surface area (Å²) in [5.74, 6) is 1.88. The number of carbonyl (C=O) groups is 1. The highest BCUT2D eigenvalue weighted by Gasteiger charge is 2.32. The normalized spacial score (nSPS) is 18.8. The molecule has 1 aromatic carbocycles. The molecule has 0 saturated carbocycles. The quantitative estimate of drug-likeness (QED) is 0.433. The fraction of sp³-hybridized carbons (Fsp3) is 0.682. The van der Waals surface area contributed by atoms with Gasteiger partial charge < -0.3 is 24.1 Å². The molecule has 1 N–H and O–H groups in total. The molecule has 1 fully saturated rings. The van der Waals surface area contributed by atoms with Gasteiger partial charge in [-0.15, -0.1) is 0 Å². The van der Waals surface area contributed by atoms with Crippen LogP contribution >= 0.6 is 0 Å². The van der Waals surface area contributed by atoms with Gasteiger partial charge in [0.1, 0.15) is 6.10 Å². The largest absolute Gasteiger partial charge is 0.493 e. The molecule has 0 amide bonds. The van der Waals surface area contributed by atoms with E-state index in [9.17, 15) is 9.90 Å². The molecular formula is C22H34O6. The van der Waals surface area contributed by atoms with Crippen molar-refractivity contribution in [1.29, 1.82) is 0 Å². The van der Waals surface area contributed by atoms with Crippen molar-refractivity contribution in [3.63, 3.8) is 0 Å². The van der Waals surface area contributed by atoms with E-state index in [0.29, 0.717) is 44.1 Å². The lowest BCUT2D eigenvalue weighted by Crippen LogP contribution is -2.30. The van der Waals surface area contributed by atoms with Crippen molar-refractivity contribution in [2.45, 2.75) is 58.2 Å². The lowest BCUT2D eigenvalue weighted by Gasteiger charge is -2.26. The second kappa shape index (κ2) is 11.3. The van der Waals surface area contributed by atoms with Gasteiger partial charge in [-0.1, -0.05) is 19.9 Å². The average molecular weight is 395 g/mol. The lowest BCUT2D eigenvalue weighted by atomic mass is 9.83. The van der Waals surface area contributed by atoms with Gasteiger partial charge in [-0.2, -0.15) is 0 Å². The van der Waals surface area contributed by atoms with Crippen molar-refractivity contribution < 1.29 is 28.8 Å². The monoisotopic (exact) mass is 394 g/mol. The second-order valence-corrected chi connectivity index (χ2v) is 7.76. The molecule has 1 aliphatic rings. The van der Waals surface area contributed by atoms with Gasteiger partial charge in [-0.05, 0) is 48.8 Å². The number of rotatable bonds is 12. The Morgan fingerprint density at radius 3 is 2.61 bits per heavy atom. The summed E-state index contributed by atoms with van der Waals surface area (Å²) in [6.07, 6.45) is 2.24. The number of hydrogen-bond acceptors (Lipinski definition) is 6. The van der Waals surface area contributed by atoms with E-state index in [-0.39, 0.29) is 18.0 Å². The number of methoxy groups -OCH3 is 2. The molecule has 1 aromatic rings. The van der Waals surface area contributed by atoms with Crippen molar-refractivity contribution in [3.05, 3.63) is 23.8 Å². The molecule has 28 heavy (non-hydrogen) atoms. The zero-order chi connectivity index (χ0) is 20.5. The molecule has 158 valence electrons. The Balaban J connectivity index is 2.01. The molecule has 0 aliphatic carbocycles. The van der Waals surface area contributed by atoms with Crippen molar-refractivity contribution in [3.8, 4) is 11.5 Å². The third kappa shape index (κ3) is 6.67. The molecule has 0 aromatic heterocycles. The topological polar surface area (TPSA) is 74.2 Å². The summed E-state index contributed by atoms with van der Waals surface area (Å²) < 4.78 is 21.6. The molecule has 0 unspecified atom stereocenters. The summed E-state index contributed by atoms with van der Waals surface area (Å²) in [5.41, 5.74) is 1.14. The number of ether oxygens (including phenoxy) is 4. The zero-order valence-electron chi connectivity index (χ0n) is 17.5. The summed E-state index contributed by atoms with van der Waals surface area (Å²) in [5, 5.41) is 10.5. The fourth-order valence-corrected chi connectivity index (χ4v) is 3.52. The van der Waals surface area contributed by atoms with Crippen molar-refractivity contribution >= 4 is 5.97 Å². The zero-order valence-corrected chi connectivity index (χ0v) is 17.5. The van der Waals surface area contributed by atoms with Crippen LogP contribution < -0.4 is 9.47 Å². The van der Waals surface area contributed by atoms with Gasteiger partial charge in [0.25, 0.3) is 0 Å². The number of cyclic esters (lactones) is 1. The molecule has 0 bridgehead atoms. The number of esters is 1. The number of hydrogen-bond donors (Lipinski definition) is 1. The molecule has 2 rings (SSSR count). The van der Waals surface area contributed by atoms with E-state index in [0.717, 1.165) is 24.2 Å². The Hall–Kier alpha value is -1.79. The summed E-state index contributed by atoms with van der Waals surface area (Å²) in [6, 6.07) is 5.98. The van der Waals surface area contributed by atoms with E-state index in [2.05, 4.69) is 13.8 Å². The number of aliphatic hydroxyl groups is 1. The standard InChI is InChI=1S/C22H34O6/c1-15(2)17(14-18(23)19-8-9-22(24)28-19)12-16-6-7-20(26-4)21(13-16)27-11-5-10-25-3/h6-7,13,15,17-19,23H,5,8-12,14H2,1-4H3/t17-,18-,19-/m0/s1. The number of benzene rings is 1. The molecule has 1 saturated heterocycles. The highest BCUT2D eigenvalue weighted by molar-refractivity contribution is 5.71. The Bertz CT molecular complexity index is 615.